The number of hydrogen-bond acceptors (Lipinski definition) is 7. The summed E-state index contributed by atoms with van der Waals surface area (Å²) in [7, 11) is 0. The average Bonchev–Trinajstić information content (AvgIpc) is 3.44. The zero-order valence-electron chi connectivity index (χ0n) is 16.5. The minimum atomic E-state index is -0.476. The van der Waals surface area contributed by atoms with Crippen LogP contribution in [0, 0.1) is 0 Å². The van der Waals surface area contributed by atoms with Crippen LogP contribution in [0.15, 0.2) is 23.4 Å². The van der Waals surface area contributed by atoms with Gasteiger partial charge in [0.2, 0.25) is 0 Å². The summed E-state index contributed by atoms with van der Waals surface area (Å²) < 4.78 is 13.2. The summed E-state index contributed by atoms with van der Waals surface area (Å²) in [5.74, 6) is 0.161. The van der Waals surface area contributed by atoms with Crippen LogP contribution in [-0.4, -0.2) is 62.9 Å². The highest BCUT2D eigenvalue weighted by molar-refractivity contribution is 8.00. The number of fused-ring (bicyclic) bond motifs is 1. The van der Waals surface area contributed by atoms with Gasteiger partial charge in [-0.05, 0) is 17.7 Å². The predicted molar refractivity (Wildman–Crippen MR) is 114 cm³/mol. The van der Waals surface area contributed by atoms with E-state index >= 15 is 0 Å². The molecule has 10 heteroatoms. The van der Waals surface area contributed by atoms with Crippen molar-refractivity contribution in [3.05, 3.63) is 39.6 Å². The maximum Gasteiger partial charge on any atom is 0.264 e. The number of halogens is 2. The summed E-state index contributed by atoms with van der Waals surface area (Å²) in [6.07, 6.45) is 2.22. The zero-order valence-corrected chi connectivity index (χ0v) is 18.8. The van der Waals surface area contributed by atoms with Crippen LogP contribution in [0.2, 0.25) is 10.0 Å². The van der Waals surface area contributed by atoms with Crippen molar-refractivity contribution in [2.45, 2.75) is 48.4 Å². The molecule has 0 bridgehead atoms. The van der Waals surface area contributed by atoms with Crippen molar-refractivity contribution < 1.29 is 14.3 Å². The van der Waals surface area contributed by atoms with Gasteiger partial charge in [0.15, 0.2) is 16.8 Å². The molecule has 0 aliphatic carbocycles. The van der Waals surface area contributed by atoms with Gasteiger partial charge in [-0.3, -0.25) is 9.69 Å². The van der Waals surface area contributed by atoms with E-state index in [2.05, 4.69) is 15.0 Å². The number of hydrogen-bond donors (Lipinski definition) is 0. The van der Waals surface area contributed by atoms with Gasteiger partial charge in [0.25, 0.3) is 5.91 Å². The number of aryl methyl sites for hydroxylation is 1. The third-order valence-electron chi connectivity index (χ3n) is 5.96. The van der Waals surface area contributed by atoms with Crippen molar-refractivity contribution in [3.63, 3.8) is 0 Å². The Labute approximate surface area is 189 Å². The molecule has 0 radical (unpaired) electrons. The number of nitrogens with zero attached hydrogens (tertiary/aromatic N) is 4. The summed E-state index contributed by atoms with van der Waals surface area (Å²) in [5, 5.41) is 5.66. The zero-order chi connectivity index (χ0) is 20.9. The van der Waals surface area contributed by atoms with Crippen molar-refractivity contribution >= 4 is 40.9 Å². The second-order valence-corrected chi connectivity index (χ2v) is 9.64. The van der Waals surface area contributed by atoms with Crippen LogP contribution in [0.25, 0.3) is 0 Å². The Kier molecular flexibility index (Phi) is 5.58. The highest BCUT2D eigenvalue weighted by atomic mass is 35.5. The number of rotatable bonds is 4. The molecular weight excluding hydrogens is 447 g/mol. The van der Waals surface area contributed by atoms with Crippen LogP contribution < -0.4 is 0 Å². The first-order valence-electron chi connectivity index (χ1n) is 10.1. The van der Waals surface area contributed by atoms with Crippen LogP contribution in [0.4, 0.5) is 0 Å². The summed E-state index contributed by atoms with van der Waals surface area (Å²) in [4.78, 5) is 20.1. The first-order valence-corrected chi connectivity index (χ1v) is 11.8. The molecule has 0 N–H and O–H groups in total. The van der Waals surface area contributed by atoms with E-state index in [0.717, 1.165) is 31.5 Å². The maximum absolute atomic E-state index is 13.3. The van der Waals surface area contributed by atoms with Crippen molar-refractivity contribution in [1.82, 2.24) is 19.7 Å². The lowest BCUT2D eigenvalue weighted by molar-refractivity contribution is -0.187. The van der Waals surface area contributed by atoms with Crippen LogP contribution in [-0.2, 0) is 15.9 Å². The molecule has 1 spiro atoms. The quantitative estimate of drug-likeness (QED) is 0.674. The first kappa shape index (κ1) is 20.7. The predicted octanol–water partition coefficient (Wildman–Crippen LogP) is 3.84. The lowest BCUT2D eigenvalue weighted by Gasteiger charge is -2.42. The number of carbonyl (C=O) groups is 1. The maximum atomic E-state index is 13.3. The SMILES string of the molecule is CCc1nc2n(n1)C(=O)C(C(c1ccc(Cl)c(Cl)c1)N1CCC3(CC1)OCCO3)S2. The van der Waals surface area contributed by atoms with E-state index in [9.17, 15) is 4.79 Å². The smallest absolute Gasteiger partial charge is 0.264 e. The topological polar surface area (TPSA) is 69.5 Å². The third-order valence-corrected chi connectivity index (χ3v) is 7.89. The first-order chi connectivity index (χ1) is 14.5. The number of carbonyl (C=O) groups excluding carboxylic acids is 1. The summed E-state index contributed by atoms with van der Waals surface area (Å²) in [6.45, 7) is 4.77. The normalized spacial score (nSPS) is 24.5. The fourth-order valence-corrected chi connectivity index (χ4v) is 5.98. The highest BCUT2D eigenvalue weighted by Crippen LogP contribution is 2.44. The van der Waals surface area contributed by atoms with Crippen molar-refractivity contribution in [3.8, 4) is 0 Å². The van der Waals surface area contributed by atoms with Gasteiger partial charge >= 0.3 is 0 Å². The number of thioether (sulfide) groups is 1. The van der Waals surface area contributed by atoms with E-state index in [-0.39, 0.29) is 17.2 Å². The van der Waals surface area contributed by atoms with Crippen LogP contribution in [0.1, 0.15) is 42.0 Å². The van der Waals surface area contributed by atoms with Gasteiger partial charge in [-0.1, -0.05) is 48.0 Å². The summed E-state index contributed by atoms with van der Waals surface area (Å²) in [5.41, 5.74) is 0.959. The molecule has 0 amide bonds. The monoisotopic (exact) mass is 468 g/mol. The molecular formula is C20H22Cl2N4O3S. The lowest BCUT2D eigenvalue weighted by Crippen LogP contribution is -2.49. The Morgan fingerprint density at radius 2 is 1.97 bits per heavy atom. The highest BCUT2D eigenvalue weighted by Gasteiger charge is 2.47. The van der Waals surface area contributed by atoms with Crippen LogP contribution in [0.5, 0.6) is 0 Å². The van der Waals surface area contributed by atoms with Gasteiger partial charge in [-0.25, -0.2) is 4.98 Å². The largest absolute Gasteiger partial charge is 0.347 e. The van der Waals surface area contributed by atoms with Gasteiger partial charge in [0.05, 0.1) is 29.3 Å². The molecule has 30 heavy (non-hydrogen) atoms. The second-order valence-electron chi connectivity index (χ2n) is 7.71. The van der Waals surface area contributed by atoms with Gasteiger partial charge in [-0.2, -0.15) is 4.68 Å². The molecule has 2 atom stereocenters. The van der Waals surface area contributed by atoms with Gasteiger partial charge < -0.3 is 9.47 Å². The molecule has 2 saturated heterocycles. The number of ether oxygens (including phenoxy) is 2. The molecule has 5 rings (SSSR count). The summed E-state index contributed by atoms with van der Waals surface area (Å²) >= 11 is 14.0. The standard InChI is InChI=1S/C20H22Cl2N4O3S/c1-2-15-23-19-26(24-15)18(27)17(30-19)16(12-3-4-13(21)14(22)11-12)25-7-5-20(6-8-25)28-9-10-29-20/h3-4,11,16-17H,2,5-10H2,1H3. The molecule has 160 valence electrons. The van der Waals surface area contributed by atoms with Crippen molar-refractivity contribution in [2.24, 2.45) is 0 Å². The molecule has 3 aliphatic heterocycles. The molecule has 3 aliphatic rings. The van der Waals surface area contributed by atoms with Gasteiger partial charge in [0.1, 0.15) is 5.25 Å². The Bertz CT molecular complexity index is 969. The summed E-state index contributed by atoms with van der Waals surface area (Å²) in [6, 6.07) is 5.42. The fraction of sp³-hybridized carbons (Fsp3) is 0.550. The van der Waals surface area contributed by atoms with E-state index < -0.39 is 5.79 Å². The van der Waals surface area contributed by atoms with Crippen LogP contribution in [0.3, 0.4) is 0 Å². The molecule has 2 fully saturated rings. The fourth-order valence-electron chi connectivity index (χ4n) is 4.39. The number of piperidine rings is 1. The minimum Gasteiger partial charge on any atom is -0.347 e. The van der Waals surface area contributed by atoms with Crippen molar-refractivity contribution in [2.75, 3.05) is 26.3 Å². The molecule has 1 aromatic heterocycles. The lowest BCUT2D eigenvalue weighted by atomic mass is 9.96. The Morgan fingerprint density at radius 3 is 2.60 bits per heavy atom. The van der Waals surface area contributed by atoms with Crippen LogP contribution >= 0.6 is 35.0 Å². The number of likely N-dealkylation sites (tertiary alicyclic amines) is 1. The molecule has 0 saturated carbocycles. The molecule has 7 nitrogen and oxygen atoms in total. The van der Waals surface area contributed by atoms with E-state index in [4.69, 9.17) is 32.7 Å². The molecule has 2 aromatic rings. The van der Waals surface area contributed by atoms with E-state index in [1.54, 1.807) is 6.07 Å². The van der Waals surface area contributed by atoms with Crippen molar-refractivity contribution in [1.29, 1.82) is 0 Å². The van der Waals surface area contributed by atoms with Gasteiger partial charge in [0, 0.05) is 32.4 Å². The third kappa shape index (κ3) is 3.57. The second kappa shape index (κ2) is 8.07. The number of benzene rings is 1. The van der Waals surface area contributed by atoms with E-state index in [1.807, 2.05) is 19.1 Å². The Morgan fingerprint density at radius 1 is 1.23 bits per heavy atom. The Balaban J connectivity index is 1.45. The van der Waals surface area contributed by atoms with E-state index in [0.29, 0.717) is 40.7 Å². The molecule has 1 aromatic carbocycles. The van der Waals surface area contributed by atoms with E-state index in [1.165, 1.54) is 16.4 Å². The molecule has 4 heterocycles. The minimum absolute atomic E-state index is 0.0491. The Hall–Kier alpha value is -1.16. The number of aromatic nitrogens is 3. The van der Waals surface area contributed by atoms with Gasteiger partial charge in [-0.15, -0.1) is 5.10 Å². The average molecular weight is 469 g/mol. The molecule has 2 unspecified atom stereocenters.